The third kappa shape index (κ3) is 1.70. The van der Waals surface area contributed by atoms with Crippen LogP contribution in [0.25, 0.3) is 11.0 Å². The molecule has 2 aliphatic rings. The Labute approximate surface area is 149 Å². The van der Waals surface area contributed by atoms with E-state index in [1.165, 1.54) is 0 Å². The molecule has 25 heavy (non-hydrogen) atoms. The molecule has 0 saturated heterocycles. The van der Waals surface area contributed by atoms with Crippen LogP contribution in [0.5, 0.6) is 0 Å². The van der Waals surface area contributed by atoms with E-state index in [1.807, 2.05) is 29.2 Å². The highest BCUT2D eigenvalue weighted by molar-refractivity contribution is 5.93. The third-order valence-corrected chi connectivity index (χ3v) is 7.36. The molecule has 1 saturated carbocycles. The molecule has 1 heterocycles. The Morgan fingerprint density at radius 3 is 2.12 bits per heavy atom. The van der Waals surface area contributed by atoms with Gasteiger partial charge in [0.1, 0.15) is 0 Å². The summed E-state index contributed by atoms with van der Waals surface area (Å²) in [6.07, 6.45) is 1.86. The second-order valence-electron chi connectivity index (χ2n) is 8.25. The number of aromatic nitrogens is 2. The van der Waals surface area contributed by atoms with Crippen molar-refractivity contribution in [2.45, 2.75) is 58.3 Å². The van der Waals surface area contributed by atoms with Crippen LogP contribution in [-0.2, 0) is 15.6 Å². The van der Waals surface area contributed by atoms with E-state index in [2.05, 4.69) is 34.6 Å². The van der Waals surface area contributed by atoms with E-state index in [0.29, 0.717) is 0 Å². The zero-order valence-corrected chi connectivity index (χ0v) is 15.9. The van der Waals surface area contributed by atoms with Gasteiger partial charge in [-0.1, -0.05) is 32.9 Å². The molecule has 1 fully saturated rings. The molecule has 0 radical (unpaired) electrons. The molecule has 2 atom stereocenters. The molecule has 2 aromatic rings. The summed E-state index contributed by atoms with van der Waals surface area (Å²) in [4.78, 5) is 25.7. The molecule has 4 nitrogen and oxygen atoms in total. The van der Waals surface area contributed by atoms with Gasteiger partial charge in [-0.3, -0.25) is 4.79 Å². The molecule has 1 aromatic heterocycles. The SMILES string of the molecule is CCN(CC)C(=O)C12CCC(C)(c3nc4ccccc4nc31)C2(C)C. The highest BCUT2D eigenvalue weighted by Crippen LogP contribution is 2.70. The van der Waals surface area contributed by atoms with Crippen LogP contribution in [-0.4, -0.2) is 33.9 Å². The molecule has 0 N–H and O–H groups in total. The maximum Gasteiger partial charge on any atom is 0.235 e. The largest absolute Gasteiger partial charge is 0.342 e. The molecular weight excluding hydrogens is 310 g/mol. The van der Waals surface area contributed by atoms with Crippen molar-refractivity contribution < 1.29 is 4.79 Å². The summed E-state index contributed by atoms with van der Waals surface area (Å²) in [6.45, 7) is 12.4. The monoisotopic (exact) mass is 337 g/mol. The number of hydrogen-bond acceptors (Lipinski definition) is 3. The number of carbonyl (C=O) groups excluding carboxylic acids is 1. The van der Waals surface area contributed by atoms with E-state index < -0.39 is 5.41 Å². The summed E-state index contributed by atoms with van der Waals surface area (Å²) in [7, 11) is 0. The highest BCUT2D eigenvalue weighted by atomic mass is 16.2. The molecule has 2 aliphatic carbocycles. The van der Waals surface area contributed by atoms with Gasteiger partial charge >= 0.3 is 0 Å². The third-order valence-electron chi connectivity index (χ3n) is 7.36. The minimum absolute atomic E-state index is 0.109. The number of hydrogen-bond donors (Lipinski definition) is 0. The number of benzene rings is 1. The predicted molar refractivity (Wildman–Crippen MR) is 99.5 cm³/mol. The number of amides is 1. The molecule has 0 spiro atoms. The molecule has 0 aliphatic heterocycles. The van der Waals surface area contributed by atoms with Crippen LogP contribution in [0, 0.1) is 5.41 Å². The van der Waals surface area contributed by atoms with Gasteiger partial charge in [-0.05, 0) is 44.2 Å². The van der Waals surface area contributed by atoms with Crippen molar-refractivity contribution >= 4 is 16.9 Å². The molecule has 1 aromatic carbocycles. The molecule has 2 unspecified atom stereocenters. The molecular formula is C21H27N3O. The van der Waals surface area contributed by atoms with Crippen LogP contribution in [0.4, 0.5) is 0 Å². The summed E-state index contributed by atoms with van der Waals surface area (Å²) in [5.41, 5.74) is 2.93. The maximum atomic E-state index is 13.7. The predicted octanol–water partition coefficient (Wildman–Crippen LogP) is 3.83. The van der Waals surface area contributed by atoms with Gasteiger partial charge < -0.3 is 4.90 Å². The average Bonchev–Trinajstić information content (AvgIpc) is 2.90. The Morgan fingerprint density at radius 2 is 1.56 bits per heavy atom. The van der Waals surface area contributed by atoms with Gasteiger partial charge in [0.15, 0.2) is 0 Å². The lowest BCUT2D eigenvalue weighted by atomic mass is 9.63. The fourth-order valence-electron chi connectivity index (χ4n) is 5.30. The first kappa shape index (κ1) is 16.5. The van der Waals surface area contributed by atoms with Crippen LogP contribution in [0.1, 0.15) is 58.8 Å². The van der Waals surface area contributed by atoms with Gasteiger partial charge in [-0.2, -0.15) is 0 Å². The lowest BCUT2D eigenvalue weighted by Crippen LogP contribution is -2.52. The Kier molecular flexibility index (Phi) is 3.32. The summed E-state index contributed by atoms with van der Waals surface area (Å²) in [5.74, 6) is 0.231. The van der Waals surface area contributed by atoms with E-state index in [0.717, 1.165) is 48.4 Å². The Hall–Kier alpha value is -1.97. The zero-order chi connectivity index (χ0) is 18.0. The Balaban J connectivity index is 2.03. The van der Waals surface area contributed by atoms with E-state index in [-0.39, 0.29) is 16.7 Å². The van der Waals surface area contributed by atoms with Crippen molar-refractivity contribution in [3.63, 3.8) is 0 Å². The molecule has 2 bridgehead atoms. The van der Waals surface area contributed by atoms with Gasteiger partial charge in [0.05, 0.1) is 27.8 Å². The number of nitrogens with zero attached hydrogens (tertiary/aromatic N) is 3. The topological polar surface area (TPSA) is 46.1 Å². The zero-order valence-electron chi connectivity index (χ0n) is 15.9. The number of likely N-dealkylation sites (N-methyl/N-ethyl adjacent to an activating group) is 1. The fourth-order valence-corrected chi connectivity index (χ4v) is 5.30. The van der Waals surface area contributed by atoms with Crippen molar-refractivity contribution in [2.24, 2.45) is 5.41 Å². The van der Waals surface area contributed by atoms with E-state index >= 15 is 0 Å². The number of para-hydroxylation sites is 2. The van der Waals surface area contributed by atoms with E-state index in [4.69, 9.17) is 9.97 Å². The molecule has 132 valence electrons. The summed E-state index contributed by atoms with van der Waals surface area (Å²) >= 11 is 0. The first-order chi connectivity index (χ1) is 11.8. The van der Waals surface area contributed by atoms with Gasteiger partial charge in [0.2, 0.25) is 5.91 Å². The van der Waals surface area contributed by atoms with Crippen LogP contribution in [0.2, 0.25) is 0 Å². The number of rotatable bonds is 3. The Bertz CT molecular complexity index is 871. The van der Waals surface area contributed by atoms with Gasteiger partial charge in [0.25, 0.3) is 0 Å². The van der Waals surface area contributed by atoms with Gasteiger partial charge in [0, 0.05) is 18.5 Å². The average molecular weight is 337 g/mol. The normalized spacial score (nSPS) is 29.0. The summed E-state index contributed by atoms with van der Waals surface area (Å²) in [5, 5.41) is 0. The van der Waals surface area contributed by atoms with Crippen molar-refractivity contribution in [2.75, 3.05) is 13.1 Å². The van der Waals surface area contributed by atoms with Crippen molar-refractivity contribution in [3.8, 4) is 0 Å². The maximum absolute atomic E-state index is 13.7. The van der Waals surface area contributed by atoms with Crippen molar-refractivity contribution in [1.82, 2.24) is 14.9 Å². The lowest BCUT2D eigenvalue weighted by molar-refractivity contribution is -0.141. The number of fused-ring (bicyclic) bond motifs is 6. The Morgan fingerprint density at radius 1 is 1.00 bits per heavy atom. The standard InChI is InChI=1S/C21H27N3O/c1-6-24(7-2)18(25)21-13-12-20(5,19(21,3)4)16-17(21)23-15-11-9-8-10-14(15)22-16/h8-11H,6-7,12-13H2,1-5H3. The van der Waals surface area contributed by atoms with Crippen LogP contribution < -0.4 is 0 Å². The second kappa shape index (κ2) is 5.03. The van der Waals surface area contributed by atoms with E-state index in [9.17, 15) is 4.79 Å². The molecule has 1 amide bonds. The minimum atomic E-state index is -0.555. The van der Waals surface area contributed by atoms with Crippen LogP contribution in [0.15, 0.2) is 24.3 Å². The van der Waals surface area contributed by atoms with Gasteiger partial charge in [-0.15, -0.1) is 0 Å². The summed E-state index contributed by atoms with van der Waals surface area (Å²) < 4.78 is 0. The smallest absolute Gasteiger partial charge is 0.235 e. The van der Waals surface area contributed by atoms with E-state index in [1.54, 1.807) is 0 Å². The second-order valence-corrected chi connectivity index (χ2v) is 8.25. The van der Waals surface area contributed by atoms with Crippen molar-refractivity contribution in [1.29, 1.82) is 0 Å². The summed E-state index contributed by atoms with van der Waals surface area (Å²) in [6, 6.07) is 8.01. The van der Waals surface area contributed by atoms with Gasteiger partial charge in [-0.25, -0.2) is 9.97 Å². The molecule has 4 heteroatoms. The quantitative estimate of drug-likeness (QED) is 0.855. The number of carbonyl (C=O) groups is 1. The lowest BCUT2D eigenvalue weighted by Gasteiger charge is -2.41. The van der Waals surface area contributed by atoms with Crippen LogP contribution in [0.3, 0.4) is 0 Å². The van der Waals surface area contributed by atoms with Crippen LogP contribution >= 0.6 is 0 Å². The highest BCUT2D eigenvalue weighted by Gasteiger charge is 2.73. The molecule has 4 rings (SSSR count). The fraction of sp³-hybridized carbons (Fsp3) is 0.571. The first-order valence-electron chi connectivity index (χ1n) is 9.40. The first-order valence-corrected chi connectivity index (χ1v) is 9.40. The van der Waals surface area contributed by atoms with Crippen molar-refractivity contribution in [3.05, 3.63) is 35.7 Å². The minimum Gasteiger partial charge on any atom is -0.342 e.